The van der Waals surface area contributed by atoms with Gasteiger partial charge in [-0.1, -0.05) is 0 Å². The molecule has 0 atom stereocenters. The Bertz CT molecular complexity index is 472. The lowest BCUT2D eigenvalue weighted by Crippen LogP contribution is -2.11. The SMILES string of the molecule is Cl.NC(=O)c1cnc2cccnc2c1. The van der Waals surface area contributed by atoms with Crippen molar-refractivity contribution in [3.63, 3.8) is 0 Å². The van der Waals surface area contributed by atoms with Crippen LogP contribution in [0, 0.1) is 0 Å². The van der Waals surface area contributed by atoms with E-state index < -0.39 is 5.91 Å². The number of hydrogen-bond acceptors (Lipinski definition) is 3. The van der Waals surface area contributed by atoms with Gasteiger partial charge in [0, 0.05) is 12.4 Å². The summed E-state index contributed by atoms with van der Waals surface area (Å²) in [5.41, 5.74) is 6.92. The van der Waals surface area contributed by atoms with Gasteiger partial charge in [0.25, 0.3) is 0 Å². The quantitative estimate of drug-likeness (QED) is 0.766. The number of amides is 1. The summed E-state index contributed by atoms with van der Waals surface area (Å²) < 4.78 is 0. The number of rotatable bonds is 1. The van der Waals surface area contributed by atoms with Gasteiger partial charge in [-0.3, -0.25) is 14.8 Å². The average Bonchev–Trinajstić information content (AvgIpc) is 2.17. The van der Waals surface area contributed by atoms with Gasteiger partial charge in [0.1, 0.15) is 0 Å². The summed E-state index contributed by atoms with van der Waals surface area (Å²) in [5, 5.41) is 0. The number of halogens is 1. The van der Waals surface area contributed by atoms with Gasteiger partial charge in [-0.2, -0.15) is 0 Å². The number of nitrogens with zero attached hydrogens (tertiary/aromatic N) is 2. The molecule has 0 saturated carbocycles. The fourth-order valence-corrected chi connectivity index (χ4v) is 1.09. The molecule has 1 amide bonds. The van der Waals surface area contributed by atoms with Crippen molar-refractivity contribution in [2.45, 2.75) is 0 Å². The van der Waals surface area contributed by atoms with E-state index in [0.717, 1.165) is 5.52 Å². The average molecular weight is 210 g/mol. The first kappa shape index (κ1) is 10.4. The highest BCUT2D eigenvalue weighted by molar-refractivity contribution is 5.95. The third-order valence-corrected chi connectivity index (χ3v) is 1.74. The van der Waals surface area contributed by atoms with E-state index >= 15 is 0 Å². The normalized spacial score (nSPS) is 9.43. The first-order valence-corrected chi connectivity index (χ1v) is 3.78. The van der Waals surface area contributed by atoms with Crippen LogP contribution in [0.1, 0.15) is 10.4 Å². The maximum atomic E-state index is 10.8. The van der Waals surface area contributed by atoms with Crippen LogP contribution >= 0.6 is 12.4 Å². The maximum absolute atomic E-state index is 10.8. The summed E-state index contributed by atoms with van der Waals surface area (Å²) >= 11 is 0. The van der Waals surface area contributed by atoms with E-state index in [9.17, 15) is 4.79 Å². The Morgan fingerprint density at radius 2 is 2.07 bits per heavy atom. The molecule has 0 aliphatic heterocycles. The van der Waals surface area contributed by atoms with Gasteiger partial charge >= 0.3 is 0 Å². The van der Waals surface area contributed by atoms with E-state index in [2.05, 4.69) is 9.97 Å². The first-order valence-electron chi connectivity index (χ1n) is 3.78. The Kier molecular flexibility index (Phi) is 2.99. The summed E-state index contributed by atoms with van der Waals surface area (Å²) in [5.74, 6) is -0.486. The number of hydrogen-bond donors (Lipinski definition) is 1. The standard InChI is InChI=1S/C9H7N3O.ClH/c10-9(13)6-4-8-7(12-5-6)2-1-3-11-8;/h1-5H,(H2,10,13);1H. The highest BCUT2D eigenvalue weighted by Gasteiger charge is 2.02. The molecular formula is C9H8ClN3O. The molecule has 0 bridgehead atoms. The van der Waals surface area contributed by atoms with Gasteiger partial charge < -0.3 is 5.73 Å². The minimum absolute atomic E-state index is 0. The highest BCUT2D eigenvalue weighted by atomic mass is 35.5. The predicted molar refractivity (Wildman–Crippen MR) is 55.3 cm³/mol. The molecule has 2 aromatic heterocycles. The van der Waals surface area contributed by atoms with Crippen molar-refractivity contribution in [1.29, 1.82) is 0 Å². The number of carbonyl (C=O) groups excluding carboxylic acids is 1. The van der Waals surface area contributed by atoms with Crippen molar-refractivity contribution < 1.29 is 4.79 Å². The van der Waals surface area contributed by atoms with Gasteiger partial charge in [-0.05, 0) is 18.2 Å². The molecule has 0 fully saturated rings. The van der Waals surface area contributed by atoms with Crippen molar-refractivity contribution in [1.82, 2.24) is 9.97 Å². The largest absolute Gasteiger partial charge is 0.366 e. The fourth-order valence-electron chi connectivity index (χ4n) is 1.09. The van der Waals surface area contributed by atoms with Crippen LogP contribution in [0.5, 0.6) is 0 Å². The number of fused-ring (bicyclic) bond motifs is 1. The molecule has 0 saturated heterocycles. The van der Waals surface area contributed by atoms with Crippen LogP contribution in [0.2, 0.25) is 0 Å². The molecule has 0 radical (unpaired) electrons. The van der Waals surface area contributed by atoms with Crippen LogP contribution in [-0.2, 0) is 0 Å². The number of carbonyl (C=O) groups is 1. The van der Waals surface area contributed by atoms with Gasteiger partial charge in [-0.15, -0.1) is 12.4 Å². The molecule has 0 spiro atoms. The van der Waals surface area contributed by atoms with Crippen LogP contribution < -0.4 is 5.73 Å². The van der Waals surface area contributed by atoms with Crippen molar-refractivity contribution >= 4 is 29.3 Å². The second-order valence-corrected chi connectivity index (χ2v) is 2.63. The lowest BCUT2D eigenvalue weighted by Gasteiger charge is -1.97. The van der Waals surface area contributed by atoms with E-state index in [4.69, 9.17) is 5.73 Å². The molecule has 2 heterocycles. The molecule has 2 rings (SSSR count). The highest BCUT2D eigenvalue weighted by Crippen LogP contribution is 2.08. The molecule has 14 heavy (non-hydrogen) atoms. The lowest BCUT2D eigenvalue weighted by molar-refractivity contribution is 0.1000. The summed E-state index contributed by atoms with van der Waals surface area (Å²) in [7, 11) is 0. The third-order valence-electron chi connectivity index (χ3n) is 1.74. The second-order valence-electron chi connectivity index (χ2n) is 2.63. The first-order chi connectivity index (χ1) is 6.27. The van der Waals surface area contributed by atoms with Gasteiger partial charge in [0.05, 0.1) is 16.6 Å². The Morgan fingerprint density at radius 1 is 1.29 bits per heavy atom. The molecule has 2 N–H and O–H groups in total. The van der Waals surface area contributed by atoms with E-state index in [0.29, 0.717) is 11.1 Å². The van der Waals surface area contributed by atoms with E-state index in [1.807, 2.05) is 6.07 Å². The van der Waals surface area contributed by atoms with Crippen LogP contribution in [0.3, 0.4) is 0 Å². The number of primary amides is 1. The monoisotopic (exact) mass is 209 g/mol. The molecule has 5 heteroatoms. The van der Waals surface area contributed by atoms with E-state index in [1.165, 1.54) is 6.20 Å². The van der Waals surface area contributed by atoms with Crippen molar-refractivity contribution in [2.24, 2.45) is 5.73 Å². The van der Waals surface area contributed by atoms with Gasteiger partial charge in [-0.25, -0.2) is 0 Å². The minimum Gasteiger partial charge on any atom is -0.366 e. The minimum atomic E-state index is -0.486. The molecule has 0 aliphatic carbocycles. The number of pyridine rings is 2. The zero-order valence-corrected chi connectivity index (χ0v) is 7.99. The second kappa shape index (κ2) is 4.02. The molecule has 72 valence electrons. The fraction of sp³-hybridized carbons (Fsp3) is 0. The van der Waals surface area contributed by atoms with E-state index in [1.54, 1.807) is 18.3 Å². The molecule has 4 nitrogen and oxygen atoms in total. The van der Waals surface area contributed by atoms with Crippen molar-refractivity contribution in [2.75, 3.05) is 0 Å². The zero-order valence-electron chi connectivity index (χ0n) is 7.18. The predicted octanol–water partition coefficient (Wildman–Crippen LogP) is 1.15. The summed E-state index contributed by atoms with van der Waals surface area (Å²) in [6.45, 7) is 0. The zero-order chi connectivity index (χ0) is 9.26. The van der Waals surface area contributed by atoms with Crippen LogP contribution in [0.4, 0.5) is 0 Å². The van der Waals surface area contributed by atoms with E-state index in [-0.39, 0.29) is 12.4 Å². The Hall–Kier alpha value is -1.68. The number of nitrogens with two attached hydrogens (primary N) is 1. The molecular weight excluding hydrogens is 202 g/mol. The smallest absolute Gasteiger partial charge is 0.250 e. The maximum Gasteiger partial charge on any atom is 0.250 e. The lowest BCUT2D eigenvalue weighted by atomic mass is 10.2. The molecule has 0 unspecified atom stereocenters. The molecule has 0 aliphatic rings. The summed E-state index contributed by atoms with van der Waals surface area (Å²) in [4.78, 5) is 18.9. The van der Waals surface area contributed by atoms with Crippen LogP contribution in [0.25, 0.3) is 11.0 Å². The van der Waals surface area contributed by atoms with Gasteiger partial charge in [0.2, 0.25) is 5.91 Å². The summed E-state index contributed by atoms with van der Waals surface area (Å²) in [6, 6.07) is 5.25. The number of aromatic nitrogens is 2. The Balaban J connectivity index is 0.000000980. The van der Waals surface area contributed by atoms with Crippen molar-refractivity contribution in [3.05, 3.63) is 36.2 Å². The van der Waals surface area contributed by atoms with Crippen LogP contribution in [-0.4, -0.2) is 15.9 Å². The van der Waals surface area contributed by atoms with Crippen molar-refractivity contribution in [3.8, 4) is 0 Å². The topological polar surface area (TPSA) is 68.9 Å². The summed E-state index contributed by atoms with van der Waals surface area (Å²) in [6.07, 6.45) is 3.10. The molecule has 0 aromatic carbocycles. The Labute approximate surface area is 86.6 Å². The van der Waals surface area contributed by atoms with Crippen LogP contribution in [0.15, 0.2) is 30.6 Å². The molecule has 2 aromatic rings. The van der Waals surface area contributed by atoms with Gasteiger partial charge in [0.15, 0.2) is 0 Å². The Morgan fingerprint density at radius 3 is 2.79 bits per heavy atom. The third kappa shape index (κ3) is 1.80.